The molecule has 0 fully saturated rings. The summed E-state index contributed by atoms with van der Waals surface area (Å²) in [5.41, 5.74) is 0.355. The van der Waals surface area contributed by atoms with E-state index < -0.39 is 11.7 Å². The normalized spacial score (nSPS) is 11.3. The Hall–Kier alpha value is -1.94. The van der Waals surface area contributed by atoms with Gasteiger partial charge in [0.05, 0.1) is 51.0 Å². The number of aromatic nitrogens is 1. The molecule has 0 radical (unpaired) electrons. The van der Waals surface area contributed by atoms with E-state index in [2.05, 4.69) is 10.3 Å². The lowest BCUT2D eigenvalue weighted by atomic mass is 10.2. The van der Waals surface area contributed by atoms with Gasteiger partial charge < -0.3 is 34.5 Å². The van der Waals surface area contributed by atoms with Gasteiger partial charge in [0.1, 0.15) is 18.0 Å². The number of alkyl carbamates (subject to hydrolysis) is 1. The molecule has 9 heteroatoms. The molecule has 1 aromatic heterocycles. The average Bonchev–Trinajstić information content (AvgIpc) is 2.61. The molecule has 9 nitrogen and oxygen atoms in total. The number of nitrogens with one attached hydrogen (secondary N) is 1. The summed E-state index contributed by atoms with van der Waals surface area (Å²) in [6.07, 6.45) is -0.468. The average molecular weight is 386 g/mol. The van der Waals surface area contributed by atoms with E-state index in [0.29, 0.717) is 56.7 Å². The zero-order chi connectivity index (χ0) is 20.1. The van der Waals surface area contributed by atoms with Crippen LogP contribution in [-0.2, 0) is 27.4 Å². The van der Waals surface area contributed by atoms with E-state index in [1.165, 1.54) is 0 Å². The van der Waals surface area contributed by atoms with Crippen molar-refractivity contribution in [2.24, 2.45) is 0 Å². The van der Waals surface area contributed by atoms with Gasteiger partial charge in [0, 0.05) is 18.7 Å². The van der Waals surface area contributed by atoms with E-state index in [1.54, 1.807) is 32.9 Å². The molecule has 0 unspecified atom stereocenters. The molecule has 0 aliphatic carbocycles. The Morgan fingerprint density at radius 3 is 2.11 bits per heavy atom. The molecular weight excluding hydrogens is 356 g/mol. The number of rotatable bonds is 12. The second-order valence-corrected chi connectivity index (χ2v) is 6.60. The van der Waals surface area contributed by atoms with Crippen LogP contribution in [0.1, 0.15) is 32.2 Å². The van der Waals surface area contributed by atoms with Gasteiger partial charge in [-0.05, 0) is 20.8 Å². The summed E-state index contributed by atoms with van der Waals surface area (Å²) in [5, 5.41) is 20.8. The predicted octanol–water partition coefficient (Wildman–Crippen LogP) is 1.00. The summed E-state index contributed by atoms with van der Waals surface area (Å²) < 4.78 is 21.3. The molecule has 0 saturated carbocycles. The molecule has 0 aromatic carbocycles. The number of hydrogen-bond donors (Lipinski definition) is 3. The standard InChI is InChI=1S/C18H30N2O7/c1-18(2,3)27-17(23)19-4-5-24-6-7-25-8-9-26-16-10-14(12-21)20-15(11-16)13-22/h10-11,21-22H,4-9,12-13H2,1-3H3,(H,19,23). The molecule has 1 rings (SSSR count). The molecule has 1 aromatic rings. The monoisotopic (exact) mass is 386 g/mol. The number of aliphatic hydroxyl groups is 2. The van der Waals surface area contributed by atoms with Crippen molar-refractivity contribution in [2.75, 3.05) is 39.6 Å². The van der Waals surface area contributed by atoms with Crippen LogP contribution in [0.25, 0.3) is 0 Å². The minimum atomic E-state index is -0.517. The first-order chi connectivity index (χ1) is 12.8. The van der Waals surface area contributed by atoms with Crippen molar-refractivity contribution < 1.29 is 34.0 Å². The number of ether oxygens (including phenoxy) is 4. The summed E-state index contributed by atoms with van der Waals surface area (Å²) in [6, 6.07) is 3.22. The van der Waals surface area contributed by atoms with Crippen LogP contribution >= 0.6 is 0 Å². The van der Waals surface area contributed by atoms with Gasteiger partial charge in [0.25, 0.3) is 0 Å². The third-order valence-corrected chi connectivity index (χ3v) is 3.01. The highest BCUT2D eigenvalue weighted by molar-refractivity contribution is 5.67. The molecule has 0 saturated heterocycles. The number of nitrogens with zero attached hydrogens (tertiary/aromatic N) is 1. The van der Waals surface area contributed by atoms with Gasteiger partial charge >= 0.3 is 6.09 Å². The fraction of sp³-hybridized carbons (Fsp3) is 0.667. The summed E-state index contributed by atoms with van der Waals surface area (Å²) in [7, 11) is 0. The van der Waals surface area contributed by atoms with Crippen LogP contribution in [0.3, 0.4) is 0 Å². The van der Waals surface area contributed by atoms with Crippen LogP contribution in [0, 0.1) is 0 Å². The molecule has 0 atom stereocenters. The van der Waals surface area contributed by atoms with E-state index in [0.717, 1.165) is 0 Å². The van der Waals surface area contributed by atoms with E-state index in [4.69, 9.17) is 29.2 Å². The highest BCUT2D eigenvalue weighted by Crippen LogP contribution is 2.14. The maximum atomic E-state index is 11.4. The number of pyridine rings is 1. The second kappa shape index (κ2) is 12.4. The fourth-order valence-corrected chi connectivity index (χ4v) is 1.94. The van der Waals surface area contributed by atoms with Crippen molar-refractivity contribution in [2.45, 2.75) is 39.6 Å². The predicted molar refractivity (Wildman–Crippen MR) is 97.5 cm³/mol. The van der Waals surface area contributed by atoms with Crippen LogP contribution in [-0.4, -0.2) is 66.5 Å². The lowest BCUT2D eigenvalue weighted by Gasteiger charge is -2.19. The van der Waals surface area contributed by atoms with Crippen molar-refractivity contribution >= 4 is 6.09 Å². The maximum absolute atomic E-state index is 11.4. The van der Waals surface area contributed by atoms with Crippen molar-refractivity contribution in [3.05, 3.63) is 23.5 Å². The third-order valence-electron chi connectivity index (χ3n) is 3.01. The maximum Gasteiger partial charge on any atom is 0.407 e. The highest BCUT2D eigenvalue weighted by atomic mass is 16.6. The smallest absolute Gasteiger partial charge is 0.407 e. The number of carbonyl (C=O) groups excluding carboxylic acids is 1. The fourth-order valence-electron chi connectivity index (χ4n) is 1.94. The summed E-state index contributed by atoms with van der Waals surface area (Å²) >= 11 is 0. The van der Waals surface area contributed by atoms with E-state index in [1.807, 2.05) is 0 Å². The van der Waals surface area contributed by atoms with Crippen LogP contribution in [0.2, 0.25) is 0 Å². The third kappa shape index (κ3) is 11.4. The highest BCUT2D eigenvalue weighted by Gasteiger charge is 2.15. The van der Waals surface area contributed by atoms with Crippen LogP contribution < -0.4 is 10.1 Å². The molecule has 0 bridgehead atoms. The molecule has 0 spiro atoms. The first kappa shape index (κ1) is 23.1. The Labute approximate surface area is 159 Å². The largest absolute Gasteiger partial charge is 0.491 e. The van der Waals surface area contributed by atoms with Gasteiger partial charge in [0.15, 0.2) is 0 Å². The Bertz CT molecular complexity index is 539. The Kier molecular flexibility index (Phi) is 10.6. The van der Waals surface area contributed by atoms with E-state index in [-0.39, 0.29) is 13.2 Å². The number of amides is 1. The number of hydrogen-bond acceptors (Lipinski definition) is 8. The molecule has 0 aliphatic heterocycles. The van der Waals surface area contributed by atoms with Crippen LogP contribution in [0.15, 0.2) is 12.1 Å². The number of carbonyl (C=O) groups is 1. The zero-order valence-electron chi connectivity index (χ0n) is 16.2. The van der Waals surface area contributed by atoms with E-state index in [9.17, 15) is 4.79 Å². The molecule has 1 amide bonds. The summed E-state index contributed by atoms with van der Waals surface area (Å²) in [4.78, 5) is 15.4. The summed E-state index contributed by atoms with van der Waals surface area (Å²) in [5.74, 6) is 0.520. The van der Waals surface area contributed by atoms with Crippen LogP contribution in [0.4, 0.5) is 4.79 Å². The van der Waals surface area contributed by atoms with Crippen LogP contribution in [0.5, 0.6) is 5.75 Å². The quantitative estimate of drug-likeness (QED) is 0.455. The van der Waals surface area contributed by atoms with E-state index >= 15 is 0 Å². The van der Waals surface area contributed by atoms with Crippen molar-refractivity contribution in [1.29, 1.82) is 0 Å². The van der Waals surface area contributed by atoms with Crippen molar-refractivity contribution in [3.63, 3.8) is 0 Å². The first-order valence-electron chi connectivity index (χ1n) is 8.80. The lowest BCUT2D eigenvalue weighted by molar-refractivity contribution is 0.0327. The van der Waals surface area contributed by atoms with Gasteiger partial charge in [-0.3, -0.25) is 4.98 Å². The van der Waals surface area contributed by atoms with Gasteiger partial charge in [-0.1, -0.05) is 0 Å². The van der Waals surface area contributed by atoms with Crippen molar-refractivity contribution in [1.82, 2.24) is 10.3 Å². The van der Waals surface area contributed by atoms with Crippen molar-refractivity contribution in [3.8, 4) is 5.75 Å². The minimum absolute atomic E-state index is 0.221. The zero-order valence-corrected chi connectivity index (χ0v) is 16.2. The Morgan fingerprint density at radius 2 is 1.56 bits per heavy atom. The Morgan fingerprint density at radius 1 is 1.00 bits per heavy atom. The SMILES string of the molecule is CC(C)(C)OC(=O)NCCOCCOCCOc1cc(CO)nc(CO)c1. The lowest BCUT2D eigenvalue weighted by Crippen LogP contribution is -2.34. The van der Waals surface area contributed by atoms with Gasteiger partial charge in [-0.25, -0.2) is 4.79 Å². The minimum Gasteiger partial charge on any atom is -0.491 e. The van der Waals surface area contributed by atoms with Gasteiger partial charge in [-0.15, -0.1) is 0 Å². The number of aliphatic hydroxyl groups excluding tert-OH is 2. The second-order valence-electron chi connectivity index (χ2n) is 6.60. The molecule has 1 heterocycles. The molecule has 0 aliphatic rings. The molecule has 154 valence electrons. The molecule has 27 heavy (non-hydrogen) atoms. The molecular formula is C18H30N2O7. The Balaban J connectivity index is 2.03. The summed E-state index contributed by atoms with van der Waals surface area (Å²) in [6.45, 7) is 7.17. The topological polar surface area (TPSA) is 119 Å². The molecule has 3 N–H and O–H groups in total. The first-order valence-corrected chi connectivity index (χ1v) is 8.80. The van der Waals surface area contributed by atoms with Gasteiger partial charge in [-0.2, -0.15) is 0 Å². The van der Waals surface area contributed by atoms with Gasteiger partial charge in [0.2, 0.25) is 0 Å².